The SMILES string of the molecule is Cc1cc2cc(NC(=N/C=C3\CCCCN(CC(=O)N4CCCC4)C3=O)NC(=O)c3cccc(S(C)(=O)=O)c3)ccc2o1. The van der Waals surface area contributed by atoms with Gasteiger partial charge in [-0.2, -0.15) is 0 Å². The minimum Gasteiger partial charge on any atom is -0.461 e. The summed E-state index contributed by atoms with van der Waals surface area (Å²) in [6, 6.07) is 13.0. The number of guanidine groups is 1. The van der Waals surface area contributed by atoms with Crippen molar-refractivity contribution in [2.45, 2.75) is 43.9 Å². The molecular formula is C31H35N5O6S. The lowest BCUT2D eigenvalue weighted by molar-refractivity contribution is -0.137. The Bertz CT molecular complexity index is 1720. The first-order valence-corrected chi connectivity index (χ1v) is 16.2. The number of rotatable bonds is 6. The molecule has 0 radical (unpaired) electrons. The predicted molar refractivity (Wildman–Crippen MR) is 163 cm³/mol. The highest BCUT2D eigenvalue weighted by Gasteiger charge is 2.26. The molecule has 0 saturated carbocycles. The van der Waals surface area contributed by atoms with Crippen molar-refractivity contribution in [2.75, 3.05) is 37.8 Å². The highest BCUT2D eigenvalue weighted by atomic mass is 32.2. The first kappa shape index (κ1) is 30.0. The van der Waals surface area contributed by atoms with Crippen LogP contribution in [-0.4, -0.2) is 74.3 Å². The fourth-order valence-electron chi connectivity index (χ4n) is 5.21. The molecular weight excluding hydrogens is 570 g/mol. The van der Waals surface area contributed by atoms with E-state index in [1.165, 1.54) is 30.5 Å². The molecule has 0 bridgehead atoms. The summed E-state index contributed by atoms with van der Waals surface area (Å²) in [6.07, 6.45) is 6.46. The van der Waals surface area contributed by atoms with E-state index in [4.69, 9.17) is 4.42 Å². The van der Waals surface area contributed by atoms with Gasteiger partial charge in [0, 0.05) is 54.3 Å². The minimum atomic E-state index is -3.52. The standard InChI is InChI=1S/C31H35N5O6S/c1-21-16-24-17-25(11-12-27(24)42-21)33-31(34-29(38)22-9-7-10-26(18-22)43(2,40)41)32-19-23-8-3-4-15-36(30(23)39)20-28(37)35-13-5-6-14-35/h7,9-12,16-19H,3-6,8,13-15,20H2,1-2H3,(H2,32,33,34,38)/b23-19+. The lowest BCUT2D eigenvalue weighted by atomic mass is 10.1. The van der Waals surface area contributed by atoms with Gasteiger partial charge < -0.3 is 19.5 Å². The van der Waals surface area contributed by atoms with Gasteiger partial charge in [0.2, 0.25) is 11.9 Å². The van der Waals surface area contributed by atoms with Crippen molar-refractivity contribution in [1.29, 1.82) is 0 Å². The number of furan rings is 1. The van der Waals surface area contributed by atoms with E-state index in [1.807, 2.05) is 19.1 Å². The maximum atomic E-state index is 13.4. The molecule has 0 atom stereocenters. The molecule has 12 heteroatoms. The Kier molecular flexibility index (Phi) is 8.95. The zero-order valence-corrected chi connectivity index (χ0v) is 25.1. The van der Waals surface area contributed by atoms with Crippen LogP contribution in [0.1, 0.15) is 48.2 Å². The van der Waals surface area contributed by atoms with Gasteiger partial charge in [-0.25, -0.2) is 13.4 Å². The van der Waals surface area contributed by atoms with Crippen molar-refractivity contribution in [3.8, 4) is 0 Å². The number of carbonyl (C=O) groups is 3. The Labute approximate surface area is 250 Å². The third kappa shape index (κ3) is 7.50. The number of benzene rings is 2. The van der Waals surface area contributed by atoms with Crippen molar-refractivity contribution in [1.82, 2.24) is 15.1 Å². The fraction of sp³-hybridized carbons (Fsp3) is 0.355. The van der Waals surface area contributed by atoms with Gasteiger partial charge in [0.1, 0.15) is 17.9 Å². The second kappa shape index (κ2) is 12.8. The maximum Gasteiger partial charge on any atom is 0.258 e. The third-order valence-electron chi connectivity index (χ3n) is 7.48. The minimum absolute atomic E-state index is 0.0158. The summed E-state index contributed by atoms with van der Waals surface area (Å²) in [5.41, 5.74) is 1.88. The molecule has 0 unspecified atom stereocenters. The van der Waals surface area contributed by atoms with E-state index >= 15 is 0 Å². The average Bonchev–Trinajstić information content (AvgIpc) is 3.61. The molecule has 0 spiro atoms. The van der Waals surface area contributed by atoms with Gasteiger partial charge in [0.05, 0.1) is 4.90 Å². The van der Waals surface area contributed by atoms with Crippen molar-refractivity contribution >= 4 is 50.2 Å². The van der Waals surface area contributed by atoms with Gasteiger partial charge in [0.15, 0.2) is 9.84 Å². The third-order valence-corrected chi connectivity index (χ3v) is 8.59. The van der Waals surface area contributed by atoms with Gasteiger partial charge >= 0.3 is 0 Å². The van der Waals surface area contributed by atoms with Crippen LogP contribution in [0.3, 0.4) is 0 Å². The van der Waals surface area contributed by atoms with E-state index in [0.29, 0.717) is 29.8 Å². The smallest absolute Gasteiger partial charge is 0.258 e. The molecule has 1 aromatic heterocycles. The molecule has 43 heavy (non-hydrogen) atoms. The van der Waals surface area contributed by atoms with Crippen molar-refractivity contribution in [3.05, 3.63) is 71.6 Å². The fourth-order valence-corrected chi connectivity index (χ4v) is 5.87. The van der Waals surface area contributed by atoms with Crippen molar-refractivity contribution in [3.63, 3.8) is 0 Å². The van der Waals surface area contributed by atoms with Crippen LogP contribution in [0, 0.1) is 6.92 Å². The largest absolute Gasteiger partial charge is 0.461 e. The van der Waals surface area contributed by atoms with Gasteiger partial charge in [0.25, 0.3) is 11.8 Å². The lowest BCUT2D eigenvalue weighted by Crippen LogP contribution is -2.42. The zero-order valence-electron chi connectivity index (χ0n) is 24.3. The lowest BCUT2D eigenvalue weighted by Gasteiger charge is -2.24. The summed E-state index contributed by atoms with van der Waals surface area (Å²) in [6.45, 7) is 3.81. The molecule has 0 aliphatic carbocycles. The summed E-state index contributed by atoms with van der Waals surface area (Å²) in [5.74, 6) is -0.0921. The molecule has 3 aromatic rings. The van der Waals surface area contributed by atoms with Crippen molar-refractivity contribution < 1.29 is 27.2 Å². The molecule has 2 fully saturated rings. The van der Waals surface area contributed by atoms with Gasteiger partial charge in [-0.3, -0.25) is 19.7 Å². The maximum absolute atomic E-state index is 13.4. The number of nitrogens with one attached hydrogen (secondary N) is 2. The molecule has 2 aliphatic rings. The number of anilines is 1. The van der Waals surface area contributed by atoms with E-state index in [1.54, 1.807) is 21.9 Å². The molecule has 226 valence electrons. The Morgan fingerprint density at radius 2 is 1.79 bits per heavy atom. The van der Waals surface area contributed by atoms with E-state index in [-0.39, 0.29) is 34.8 Å². The molecule has 2 aromatic carbocycles. The van der Waals surface area contributed by atoms with Crippen LogP contribution in [0.5, 0.6) is 0 Å². The topological polar surface area (TPSA) is 141 Å². The summed E-state index contributed by atoms with van der Waals surface area (Å²) in [5, 5.41) is 6.67. The molecule has 5 rings (SSSR count). The van der Waals surface area contributed by atoms with E-state index in [2.05, 4.69) is 15.6 Å². The number of likely N-dealkylation sites (tertiary alicyclic amines) is 2. The number of hydrogen-bond donors (Lipinski definition) is 2. The summed E-state index contributed by atoms with van der Waals surface area (Å²) < 4.78 is 29.7. The number of fused-ring (bicyclic) bond motifs is 1. The van der Waals surface area contributed by atoms with E-state index in [9.17, 15) is 22.8 Å². The molecule has 11 nitrogen and oxygen atoms in total. The molecule has 2 N–H and O–H groups in total. The first-order chi connectivity index (χ1) is 20.6. The monoisotopic (exact) mass is 605 g/mol. The molecule has 2 aliphatic heterocycles. The van der Waals surface area contributed by atoms with E-state index < -0.39 is 15.7 Å². The van der Waals surface area contributed by atoms with Crippen LogP contribution in [0.2, 0.25) is 0 Å². The normalized spacial score (nSPS) is 17.4. The number of amides is 3. The van der Waals surface area contributed by atoms with Crippen LogP contribution < -0.4 is 10.6 Å². The highest BCUT2D eigenvalue weighted by Crippen LogP contribution is 2.23. The first-order valence-electron chi connectivity index (χ1n) is 14.3. The van der Waals surface area contributed by atoms with Gasteiger partial charge in [-0.15, -0.1) is 0 Å². The van der Waals surface area contributed by atoms with Crippen LogP contribution in [0.15, 0.2) is 74.6 Å². The van der Waals surface area contributed by atoms with Crippen LogP contribution in [-0.2, 0) is 19.4 Å². The van der Waals surface area contributed by atoms with Crippen LogP contribution in [0.25, 0.3) is 11.0 Å². The molecule has 3 amide bonds. The van der Waals surface area contributed by atoms with Gasteiger partial charge in [-0.05, 0) is 81.5 Å². The molecule has 3 heterocycles. The Morgan fingerprint density at radius 1 is 1.02 bits per heavy atom. The van der Waals surface area contributed by atoms with E-state index in [0.717, 1.165) is 56.2 Å². The average molecular weight is 606 g/mol. The molecule has 2 saturated heterocycles. The second-order valence-electron chi connectivity index (χ2n) is 10.9. The number of aryl methyl sites for hydroxylation is 1. The predicted octanol–water partition coefficient (Wildman–Crippen LogP) is 3.86. The van der Waals surface area contributed by atoms with Crippen LogP contribution >= 0.6 is 0 Å². The summed E-state index contributed by atoms with van der Waals surface area (Å²) >= 11 is 0. The van der Waals surface area contributed by atoms with Crippen molar-refractivity contribution in [2.24, 2.45) is 4.99 Å². The van der Waals surface area contributed by atoms with Crippen LogP contribution in [0.4, 0.5) is 5.69 Å². The quantitative estimate of drug-likeness (QED) is 0.247. The number of hydrogen-bond acceptors (Lipinski definition) is 7. The zero-order chi connectivity index (χ0) is 30.6. The number of aliphatic imine (C=N–C) groups is 1. The number of carbonyl (C=O) groups excluding carboxylic acids is 3. The second-order valence-corrected chi connectivity index (χ2v) is 12.9. The highest BCUT2D eigenvalue weighted by molar-refractivity contribution is 7.90. The summed E-state index contributed by atoms with van der Waals surface area (Å²) in [4.78, 5) is 47.3. The van der Waals surface area contributed by atoms with Gasteiger partial charge in [-0.1, -0.05) is 6.07 Å². The number of nitrogens with zero attached hydrogens (tertiary/aromatic N) is 3. The number of sulfone groups is 1. The Balaban J connectivity index is 1.42. The Hall–Kier alpha value is -4.45. The summed E-state index contributed by atoms with van der Waals surface area (Å²) in [7, 11) is -3.52. The Morgan fingerprint density at radius 3 is 2.56 bits per heavy atom.